The van der Waals surface area contributed by atoms with Crippen LogP contribution in [-0.2, 0) is 10.0 Å². The van der Waals surface area contributed by atoms with E-state index >= 15 is 0 Å². The van der Waals surface area contributed by atoms with Crippen LogP contribution < -0.4 is 4.31 Å². The first-order valence-corrected chi connectivity index (χ1v) is 7.64. The molecule has 0 aromatic heterocycles. The van der Waals surface area contributed by atoms with Gasteiger partial charge in [0, 0.05) is 6.07 Å². The highest BCUT2D eigenvalue weighted by atomic mass is 32.2. The molecule has 116 valence electrons. The van der Waals surface area contributed by atoms with Crippen molar-refractivity contribution in [1.82, 2.24) is 0 Å². The smallest absolute Gasteiger partial charge is 0.260 e. The lowest BCUT2D eigenvalue weighted by Crippen LogP contribution is -2.32. The number of anilines is 1. The third-order valence-corrected chi connectivity index (χ3v) is 4.67. The van der Waals surface area contributed by atoms with Crippen molar-refractivity contribution in [3.63, 3.8) is 0 Å². The predicted molar refractivity (Wildman–Crippen MR) is 77.5 cm³/mol. The first-order valence-electron chi connectivity index (χ1n) is 6.20. The minimum absolute atomic E-state index is 0.209. The van der Waals surface area contributed by atoms with Crippen molar-refractivity contribution < 1.29 is 21.6 Å². The maximum Gasteiger partial charge on any atom is 0.264 e. The maximum atomic E-state index is 13.9. The highest BCUT2D eigenvalue weighted by Crippen LogP contribution is 2.27. The van der Waals surface area contributed by atoms with Gasteiger partial charge >= 0.3 is 0 Å². The summed E-state index contributed by atoms with van der Waals surface area (Å²) in [6, 6.07) is 6.68. The van der Waals surface area contributed by atoms with E-state index in [4.69, 9.17) is 0 Å². The number of hydrogen-bond acceptors (Lipinski definition) is 2. The number of nitrogens with zero attached hydrogens (tertiary/aromatic N) is 1. The van der Waals surface area contributed by atoms with Gasteiger partial charge in [0.2, 0.25) is 0 Å². The molecule has 7 heteroatoms. The Morgan fingerprint density at radius 2 is 1.59 bits per heavy atom. The molecular weight excluding hydrogens is 315 g/mol. The van der Waals surface area contributed by atoms with Crippen LogP contribution in [-0.4, -0.2) is 15.0 Å². The fourth-order valence-electron chi connectivity index (χ4n) is 1.86. The van der Waals surface area contributed by atoms with Gasteiger partial charge in [0.15, 0.2) is 0 Å². The Kier molecular flexibility index (Phi) is 4.56. The summed E-state index contributed by atoms with van der Waals surface area (Å²) in [4.78, 5) is -0.209. The van der Waals surface area contributed by atoms with Gasteiger partial charge in [0.1, 0.15) is 17.5 Å². The molecule has 0 heterocycles. The van der Waals surface area contributed by atoms with Gasteiger partial charge in [-0.1, -0.05) is 6.08 Å². The van der Waals surface area contributed by atoms with Crippen molar-refractivity contribution in [3.8, 4) is 0 Å². The van der Waals surface area contributed by atoms with Gasteiger partial charge in [0.05, 0.1) is 17.1 Å². The van der Waals surface area contributed by atoms with E-state index in [2.05, 4.69) is 6.58 Å². The van der Waals surface area contributed by atoms with E-state index in [-0.39, 0.29) is 17.1 Å². The monoisotopic (exact) mass is 327 g/mol. The number of rotatable bonds is 5. The third-order valence-electron chi connectivity index (χ3n) is 2.87. The zero-order chi connectivity index (χ0) is 16.3. The van der Waals surface area contributed by atoms with Crippen LogP contribution in [0.5, 0.6) is 0 Å². The number of hydrogen-bond donors (Lipinski definition) is 0. The molecule has 0 saturated carbocycles. The molecule has 0 amide bonds. The van der Waals surface area contributed by atoms with E-state index in [0.29, 0.717) is 6.07 Å². The van der Waals surface area contributed by atoms with Crippen molar-refractivity contribution in [2.24, 2.45) is 0 Å². The van der Waals surface area contributed by atoms with Crippen molar-refractivity contribution in [2.75, 3.05) is 10.8 Å². The van der Waals surface area contributed by atoms with Crippen molar-refractivity contribution in [2.45, 2.75) is 4.90 Å². The SMILES string of the molecule is C=CCN(c1ccc(F)cc1F)S(=O)(=O)c1ccc(F)cc1. The van der Waals surface area contributed by atoms with Gasteiger partial charge in [-0.05, 0) is 36.4 Å². The first kappa shape index (κ1) is 16.1. The molecule has 3 nitrogen and oxygen atoms in total. The zero-order valence-corrected chi connectivity index (χ0v) is 12.2. The molecule has 2 aromatic rings. The quantitative estimate of drug-likeness (QED) is 0.789. The molecule has 0 aliphatic carbocycles. The summed E-state index contributed by atoms with van der Waals surface area (Å²) >= 11 is 0. The molecule has 0 unspecified atom stereocenters. The van der Waals surface area contributed by atoms with E-state index in [1.54, 1.807) is 0 Å². The Morgan fingerprint density at radius 3 is 2.14 bits per heavy atom. The topological polar surface area (TPSA) is 37.4 Å². The largest absolute Gasteiger partial charge is 0.264 e. The number of benzene rings is 2. The molecule has 0 fully saturated rings. The minimum atomic E-state index is -4.14. The normalized spacial score (nSPS) is 11.2. The van der Waals surface area contributed by atoms with Crippen LogP contribution in [0.25, 0.3) is 0 Å². The molecule has 0 saturated heterocycles. The molecule has 2 rings (SSSR count). The van der Waals surface area contributed by atoms with E-state index in [9.17, 15) is 21.6 Å². The second-order valence-electron chi connectivity index (χ2n) is 4.37. The lowest BCUT2D eigenvalue weighted by molar-refractivity contribution is 0.575. The first-order chi connectivity index (χ1) is 10.4. The summed E-state index contributed by atoms with van der Waals surface area (Å²) < 4.78 is 65.7. The molecule has 0 aliphatic heterocycles. The molecule has 0 aliphatic rings. The Morgan fingerprint density at radius 1 is 1.00 bits per heavy atom. The lowest BCUT2D eigenvalue weighted by atomic mass is 10.3. The van der Waals surface area contributed by atoms with E-state index in [1.165, 1.54) is 6.08 Å². The standard InChI is InChI=1S/C15H12F3NO2S/c1-2-9-19(15-8-5-12(17)10-14(15)18)22(20,21)13-6-3-11(16)4-7-13/h2-8,10H,1,9H2. The van der Waals surface area contributed by atoms with Crippen molar-refractivity contribution >= 4 is 15.7 Å². The Labute approximate surface area is 126 Å². The lowest BCUT2D eigenvalue weighted by Gasteiger charge is -2.23. The van der Waals surface area contributed by atoms with Crippen LogP contribution in [0.15, 0.2) is 60.0 Å². The predicted octanol–water partition coefficient (Wildman–Crippen LogP) is 3.49. The van der Waals surface area contributed by atoms with Crippen LogP contribution in [0.1, 0.15) is 0 Å². The average molecular weight is 327 g/mol. The second-order valence-corrected chi connectivity index (χ2v) is 6.24. The Bertz CT molecular complexity index is 789. The van der Waals surface area contributed by atoms with Gasteiger partial charge in [-0.15, -0.1) is 6.58 Å². The number of halogens is 3. The molecule has 0 radical (unpaired) electrons. The van der Waals surface area contributed by atoms with Gasteiger partial charge in [0.25, 0.3) is 10.0 Å². The Balaban J connectivity index is 2.55. The van der Waals surface area contributed by atoms with Crippen LogP contribution in [0.2, 0.25) is 0 Å². The summed E-state index contributed by atoms with van der Waals surface area (Å²) in [6.45, 7) is 3.21. The van der Waals surface area contributed by atoms with Gasteiger partial charge in [-0.3, -0.25) is 4.31 Å². The van der Waals surface area contributed by atoms with Crippen molar-refractivity contribution in [1.29, 1.82) is 0 Å². The van der Waals surface area contributed by atoms with Gasteiger partial charge < -0.3 is 0 Å². The molecule has 0 atom stereocenters. The molecule has 0 bridgehead atoms. The zero-order valence-electron chi connectivity index (χ0n) is 11.3. The third kappa shape index (κ3) is 3.14. The fourth-order valence-corrected chi connectivity index (χ4v) is 3.30. The summed E-state index contributed by atoms with van der Waals surface area (Å²) in [6.07, 6.45) is 1.27. The van der Waals surface area contributed by atoms with E-state index < -0.39 is 27.5 Å². The summed E-state index contributed by atoms with van der Waals surface area (Å²) in [5.41, 5.74) is -0.314. The minimum Gasteiger partial charge on any atom is -0.260 e. The highest BCUT2D eigenvalue weighted by Gasteiger charge is 2.26. The van der Waals surface area contributed by atoms with Crippen LogP contribution in [0, 0.1) is 17.5 Å². The summed E-state index contributed by atoms with van der Waals surface area (Å²) in [5, 5.41) is 0. The average Bonchev–Trinajstić information content (AvgIpc) is 2.46. The fraction of sp³-hybridized carbons (Fsp3) is 0.0667. The van der Waals surface area contributed by atoms with Gasteiger partial charge in [-0.25, -0.2) is 21.6 Å². The van der Waals surface area contributed by atoms with E-state index in [1.807, 2.05) is 0 Å². The molecule has 22 heavy (non-hydrogen) atoms. The maximum absolute atomic E-state index is 13.9. The van der Waals surface area contributed by atoms with Crippen LogP contribution in [0.4, 0.5) is 18.9 Å². The summed E-state index contributed by atoms with van der Waals surface area (Å²) in [7, 11) is -4.14. The van der Waals surface area contributed by atoms with Gasteiger partial charge in [-0.2, -0.15) is 0 Å². The summed E-state index contributed by atoms with van der Waals surface area (Å²) in [5.74, 6) is -2.44. The molecule has 2 aromatic carbocycles. The highest BCUT2D eigenvalue weighted by molar-refractivity contribution is 7.92. The molecule has 0 N–H and O–H groups in total. The van der Waals surface area contributed by atoms with Crippen LogP contribution in [0.3, 0.4) is 0 Å². The second kappa shape index (κ2) is 6.23. The van der Waals surface area contributed by atoms with E-state index in [0.717, 1.165) is 40.7 Å². The molecular formula is C15H12F3NO2S. The van der Waals surface area contributed by atoms with Crippen LogP contribution >= 0.6 is 0 Å². The number of sulfonamides is 1. The molecule has 0 spiro atoms. The Hall–Kier alpha value is -2.28. The van der Waals surface area contributed by atoms with Crippen molar-refractivity contribution in [3.05, 3.63) is 72.6 Å².